The lowest BCUT2D eigenvalue weighted by Crippen LogP contribution is -2.09. The van der Waals surface area contributed by atoms with E-state index in [2.05, 4.69) is 13.8 Å². The van der Waals surface area contributed by atoms with Gasteiger partial charge in [-0.1, -0.05) is 25.4 Å². The van der Waals surface area contributed by atoms with Gasteiger partial charge in [-0.3, -0.25) is 0 Å². The van der Waals surface area contributed by atoms with Crippen molar-refractivity contribution in [3.63, 3.8) is 0 Å². The highest BCUT2D eigenvalue weighted by Gasteiger charge is 2.09. The fraction of sp³-hybridized carbons (Fsp3) is 0.235. The molecule has 0 aromatic heterocycles. The second-order valence-corrected chi connectivity index (χ2v) is 5.51. The van der Waals surface area contributed by atoms with E-state index in [0.29, 0.717) is 28.9 Å². The van der Waals surface area contributed by atoms with Crippen molar-refractivity contribution < 1.29 is 14.3 Å². The molecule has 0 radical (unpaired) electrons. The third-order valence-corrected chi connectivity index (χ3v) is 2.95. The van der Waals surface area contributed by atoms with Crippen LogP contribution >= 0.6 is 11.6 Å². The maximum atomic E-state index is 12.0. The van der Waals surface area contributed by atoms with Gasteiger partial charge in [0, 0.05) is 5.02 Å². The van der Waals surface area contributed by atoms with Crippen LogP contribution in [0, 0.1) is 5.92 Å². The number of esters is 1. The molecule has 0 spiro atoms. The second kappa shape index (κ2) is 7.14. The van der Waals surface area contributed by atoms with Crippen LogP contribution < -0.4 is 9.47 Å². The lowest BCUT2D eigenvalue weighted by Gasteiger charge is -2.09. The van der Waals surface area contributed by atoms with Gasteiger partial charge in [0.1, 0.15) is 11.5 Å². The quantitative estimate of drug-likeness (QED) is 0.598. The van der Waals surface area contributed by atoms with Gasteiger partial charge in [-0.25, -0.2) is 4.79 Å². The summed E-state index contributed by atoms with van der Waals surface area (Å²) in [6.07, 6.45) is 0. The molecule has 0 fully saturated rings. The number of ether oxygens (including phenoxy) is 2. The van der Waals surface area contributed by atoms with Crippen LogP contribution in [0.15, 0.2) is 48.5 Å². The summed E-state index contributed by atoms with van der Waals surface area (Å²) in [6.45, 7) is 4.81. The highest BCUT2D eigenvalue weighted by molar-refractivity contribution is 6.30. The van der Waals surface area contributed by atoms with Crippen molar-refractivity contribution in [3.05, 3.63) is 59.1 Å². The third-order valence-electron chi connectivity index (χ3n) is 2.70. The summed E-state index contributed by atoms with van der Waals surface area (Å²) in [4.78, 5) is 12.0. The van der Waals surface area contributed by atoms with Gasteiger partial charge in [0.05, 0.1) is 12.2 Å². The normalized spacial score (nSPS) is 10.5. The van der Waals surface area contributed by atoms with Crippen LogP contribution in [0.5, 0.6) is 11.5 Å². The van der Waals surface area contributed by atoms with Crippen molar-refractivity contribution >= 4 is 17.6 Å². The molecule has 0 heterocycles. The smallest absolute Gasteiger partial charge is 0.343 e. The molecule has 2 aromatic rings. The van der Waals surface area contributed by atoms with Crippen molar-refractivity contribution in [2.24, 2.45) is 5.92 Å². The maximum Gasteiger partial charge on any atom is 0.343 e. The standard InChI is InChI=1S/C17H17ClO3/c1-12(2)11-20-15-7-3-13(4-8-15)17(19)21-16-9-5-14(18)6-10-16/h3-10,12H,11H2,1-2H3. The number of hydrogen-bond donors (Lipinski definition) is 0. The number of carbonyl (C=O) groups excluding carboxylic acids is 1. The Hall–Kier alpha value is -2.00. The number of benzene rings is 2. The minimum Gasteiger partial charge on any atom is -0.493 e. The topological polar surface area (TPSA) is 35.5 Å². The molecule has 0 unspecified atom stereocenters. The molecule has 4 heteroatoms. The van der Waals surface area contributed by atoms with E-state index < -0.39 is 5.97 Å². The predicted molar refractivity (Wildman–Crippen MR) is 83.2 cm³/mol. The van der Waals surface area contributed by atoms with E-state index in [1.165, 1.54) is 0 Å². The number of rotatable bonds is 5. The van der Waals surface area contributed by atoms with E-state index in [1.807, 2.05) is 0 Å². The van der Waals surface area contributed by atoms with E-state index in [0.717, 1.165) is 5.75 Å². The molecule has 0 aliphatic carbocycles. The van der Waals surface area contributed by atoms with Crippen LogP contribution in [0.1, 0.15) is 24.2 Å². The van der Waals surface area contributed by atoms with Crippen molar-refractivity contribution in [1.29, 1.82) is 0 Å². The van der Waals surface area contributed by atoms with E-state index in [-0.39, 0.29) is 0 Å². The fourth-order valence-corrected chi connectivity index (χ4v) is 1.74. The molecule has 0 N–H and O–H groups in total. The zero-order valence-corrected chi connectivity index (χ0v) is 12.8. The molecule has 0 saturated carbocycles. The zero-order valence-electron chi connectivity index (χ0n) is 12.0. The number of hydrogen-bond acceptors (Lipinski definition) is 3. The van der Waals surface area contributed by atoms with Crippen LogP contribution in [0.3, 0.4) is 0 Å². The van der Waals surface area contributed by atoms with Gasteiger partial charge < -0.3 is 9.47 Å². The highest BCUT2D eigenvalue weighted by atomic mass is 35.5. The molecule has 0 atom stereocenters. The number of carbonyl (C=O) groups is 1. The molecule has 2 aromatic carbocycles. The molecular formula is C17H17ClO3. The van der Waals surface area contributed by atoms with Crippen LogP contribution in [-0.2, 0) is 0 Å². The maximum absolute atomic E-state index is 12.0. The van der Waals surface area contributed by atoms with Gasteiger partial charge in [-0.05, 0) is 54.4 Å². The first kappa shape index (κ1) is 15.4. The first-order valence-electron chi connectivity index (χ1n) is 6.75. The fourth-order valence-electron chi connectivity index (χ4n) is 1.62. The Morgan fingerprint density at radius 3 is 2.14 bits per heavy atom. The molecular weight excluding hydrogens is 288 g/mol. The first-order chi connectivity index (χ1) is 10.0. The van der Waals surface area contributed by atoms with Crippen LogP contribution in [-0.4, -0.2) is 12.6 Å². The molecule has 0 bridgehead atoms. The van der Waals surface area contributed by atoms with E-state index in [9.17, 15) is 4.79 Å². The van der Waals surface area contributed by atoms with Gasteiger partial charge in [-0.15, -0.1) is 0 Å². The average Bonchev–Trinajstić information content (AvgIpc) is 2.48. The summed E-state index contributed by atoms with van der Waals surface area (Å²) < 4.78 is 10.8. The molecule has 0 aliphatic heterocycles. The Bertz CT molecular complexity index is 588. The van der Waals surface area contributed by atoms with Crippen molar-refractivity contribution in [1.82, 2.24) is 0 Å². The second-order valence-electron chi connectivity index (χ2n) is 5.07. The Balaban J connectivity index is 1.97. The lowest BCUT2D eigenvalue weighted by atomic mass is 10.2. The molecule has 21 heavy (non-hydrogen) atoms. The minimum absolute atomic E-state index is 0.410. The number of halogens is 1. The molecule has 0 saturated heterocycles. The summed E-state index contributed by atoms with van der Waals surface area (Å²) in [5, 5.41) is 0.599. The summed E-state index contributed by atoms with van der Waals surface area (Å²) in [6, 6.07) is 13.6. The van der Waals surface area contributed by atoms with Gasteiger partial charge in [0.15, 0.2) is 0 Å². The predicted octanol–water partition coefficient (Wildman–Crippen LogP) is 4.59. The van der Waals surface area contributed by atoms with Crippen LogP contribution in [0.4, 0.5) is 0 Å². The molecule has 0 aliphatic rings. The summed E-state index contributed by atoms with van der Waals surface area (Å²) in [5.41, 5.74) is 0.474. The Labute approximate surface area is 129 Å². The summed E-state index contributed by atoms with van der Waals surface area (Å²) in [7, 11) is 0. The SMILES string of the molecule is CC(C)COc1ccc(C(=O)Oc2ccc(Cl)cc2)cc1. The average molecular weight is 305 g/mol. The van der Waals surface area contributed by atoms with Gasteiger partial charge in [0.2, 0.25) is 0 Å². The summed E-state index contributed by atoms with van der Waals surface area (Å²) >= 11 is 5.78. The first-order valence-corrected chi connectivity index (χ1v) is 7.13. The Morgan fingerprint density at radius 2 is 1.57 bits per heavy atom. The molecule has 2 rings (SSSR count). The monoisotopic (exact) mass is 304 g/mol. The van der Waals surface area contributed by atoms with Gasteiger partial charge in [0.25, 0.3) is 0 Å². The van der Waals surface area contributed by atoms with Crippen molar-refractivity contribution in [2.45, 2.75) is 13.8 Å². The van der Waals surface area contributed by atoms with E-state index in [1.54, 1.807) is 48.5 Å². The van der Waals surface area contributed by atoms with E-state index >= 15 is 0 Å². The lowest BCUT2D eigenvalue weighted by molar-refractivity contribution is 0.0734. The Morgan fingerprint density at radius 1 is 1.00 bits per heavy atom. The Kier molecular flexibility index (Phi) is 5.23. The van der Waals surface area contributed by atoms with Crippen molar-refractivity contribution in [2.75, 3.05) is 6.61 Å². The van der Waals surface area contributed by atoms with Crippen LogP contribution in [0.25, 0.3) is 0 Å². The molecule has 0 amide bonds. The van der Waals surface area contributed by atoms with Gasteiger partial charge in [-0.2, -0.15) is 0 Å². The molecule has 3 nitrogen and oxygen atoms in total. The zero-order chi connectivity index (χ0) is 15.2. The minimum atomic E-state index is -0.410. The largest absolute Gasteiger partial charge is 0.493 e. The highest BCUT2D eigenvalue weighted by Crippen LogP contribution is 2.18. The van der Waals surface area contributed by atoms with Crippen LogP contribution in [0.2, 0.25) is 5.02 Å². The molecule has 110 valence electrons. The van der Waals surface area contributed by atoms with Crippen molar-refractivity contribution in [3.8, 4) is 11.5 Å². The summed E-state index contributed by atoms with van der Waals surface area (Å²) in [5.74, 6) is 1.25. The third kappa shape index (κ3) is 4.80. The van der Waals surface area contributed by atoms with E-state index in [4.69, 9.17) is 21.1 Å². The van der Waals surface area contributed by atoms with Gasteiger partial charge >= 0.3 is 5.97 Å².